The summed E-state index contributed by atoms with van der Waals surface area (Å²) in [7, 11) is 0. The highest BCUT2D eigenvalue weighted by atomic mass is 16.8. The van der Waals surface area contributed by atoms with Gasteiger partial charge in [-0.2, -0.15) is 0 Å². The lowest BCUT2D eigenvalue weighted by molar-refractivity contribution is -0.782. The third kappa shape index (κ3) is 2.44. The number of hydrogen-bond donors (Lipinski definition) is 2. The zero-order valence-corrected chi connectivity index (χ0v) is 10.9. The van der Waals surface area contributed by atoms with E-state index in [4.69, 9.17) is 5.73 Å². The van der Waals surface area contributed by atoms with E-state index < -0.39 is 0 Å². The molecule has 7 heteroatoms. The third-order valence-corrected chi connectivity index (χ3v) is 3.75. The minimum Gasteiger partial charge on any atom is -0.359 e. The highest BCUT2D eigenvalue weighted by molar-refractivity contribution is 5.97. The van der Waals surface area contributed by atoms with Crippen molar-refractivity contribution in [2.24, 2.45) is 5.73 Å². The Morgan fingerprint density at radius 2 is 2.15 bits per heavy atom. The van der Waals surface area contributed by atoms with Crippen molar-refractivity contribution in [1.29, 1.82) is 0 Å². The van der Waals surface area contributed by atoms with Crippen LogP contribution in [0.25, 0.3) is 11.0 Å². The molecule has 1 aromatic heterocycles. The summed E-state index contributed by atoms with van der Waals surface area (Å²) in [6.07, 6.45) is 3.67. The first-order valence-electron chi connectivity index (χ1n) is 6.69. The number of nitrogens with zero attached hydrogens (tertiary/aromatic N) is 2. The number of carbonyl (C=O) groups is 1. The van der Waals surface area contributed by atoms with Crippen LogP contribution in [0.3, 0.4) is 0 Å². The van der Waals surface area contributed by atoms with Gasteiger partial charge in [0.25, 0.3) is 5.91 Å². The van der Waals surface area contributed by atoms with Crippen LogP contribution in [0.2, 0.25) is 0 Å². The second-order valence-electron chi connectivity index (χ2n) is 5.22. The van der Waals surface area contributed by atoms with E-state index in [0.717, 1.165) is 25.7 Å². The van der Waals surface area contributed by atoms with Crippen LogP contribution in [-0.4, -0.2) is 23.1 Å². The molecule has 1 aromatic carbocycles. The molecule has 0 saturated heterocycles. The molecule has 1 saturated carbocycles. The quantitative estimate of drug-likeness (QED) is 0.775. The predicted octanol–water partition coefficient (Wildman–Crippen LogP) is 0.461. The van der Waals surface area contributed by atoms with E-state index in [9.17, 15) is 10.0 Å². The molecule has 106 valence electrons. The SMILES string of the molecule is N[C@H]1CC[C@H](NC(=O)c2ccc3c(c2)no[n+]3[O-])CC1. The fourth-order valence-electron chi connectivity index (χ4n) is 2.55. The van der Waals surface area contributed by atoms with E-state index in [2.05, 4.69) is 15.1 Å². The minimum atomic E-state index is -0.159. The van der Waals surface area contributed by atoms with Gasteiger partial charge in [0.05, 0.1) is 0 Å². The maximum atomic E-state index is 12.2. The molecule has 3 rings (SSSR count). The van der Waals surface area contributed by atoms with Crippen LogP contribution >= 0.6 is 0 Å². The molecule has 1 heterocycles. The monoisotopic (exact) mass is 276 g/mol. The first kappa shape index (κ1) is 12.9. The Bertz CT molecular complexity index is 632. The van der Waals surface area contributed by atoms with Crippen LogP contribution < -0.4 is 16.0 Å². The molecule has 0 spiro atoms. The molecule has 1 aliphatic rings. The molecule has 7 nitrogen and oxygen atoms in total. The fraction of sp³-hybridized carbons (Fsp3) is 0.462. The van der Waals surface area contributed by atoms with Crippen molar-refractivity contribution in [2.75, 3.05) is 0 Å². The number of fused-ring (bicyclic) bond motifs is 1. The number of carbonyl (C=O) groups excluding carboxylic acids is 1. The Labute approximate surface area is 115 Å². The molecule has 1 fully saturated rings. The summed E-state index contributed by atoms with van der Waals surface area (Å²) in [5, 5.41) is 17.8. The highest BCUT2D eigenvalue weighted by Crippen LogP contribution is 2.18. The van der Waals surface area contributed by atoms with E-state index in [0.29, 0.717) is 21.5 Å². The van der Waals surface area contributed by atoms with Gasteiger partial charge in [0, 0.05) is 28.9 Å². The van der Waals surface area contributed by atoms with Gasteiger partial charge in [-0.15, -0.1) is 0 Å². The normalized spacial score (nSPS) is 22.9. The standard InChI is InChI=1S/C13H16N4O3/c14-9-2-4-10(5-3-9)15-13(18)8-1-6-12-11(7-8)16-20-17(12)19/h1,6-7,9-10H,2-5,14H2,(H,15,18)/t9-,10-. The van der Waals surface area contributed by atoms with Crippen molar-refractivity contribution in [3.05, 3.63) is 29.0 Å². The lowest BCUT2D eigenvalue weighted by Gasteiger charge is -2.26. The number of nitrogens with two attached hydrogens (primary N) is 1. The summed E-state index contributed by atoms with van der Waals surface area (Å²) in [6.45, 7) is 0. The van der Waals surface area contributed by atoms with E-state index in [1.807, 2.05) is 0 Å². The van der Waals surface area contributed by atoms with Crippen molar-refractivity contribution < 1.29 is 14.3 Å². The number of hydrogen-bond acceptors (Lipinski definition) is 5. The van der Waals surface area contributed by atoms with E-state index in [-0.39, 0.29) is 18.0 Å². The second-order valence-corrected chi connectivity index (χ2v) is 5.22. The fourth-order valence-corrected chi connectivity index (χ4v) is 2.55. The lowest BCUT2D eigenvalue weighted by Crippen LogP contribution is -2.40. The van der Waals surface area contributed by atoms with E-state index in [1.165, 1.54) is 6.07 Å². The number of benzene rings is 1. The maximum absolute atomic E-state index is 12.2. The van der Waals surface area contributed by atoms with Crippen molar-refractivity contribution >= 4 is 16.9 Å². The third-order valence-electron chi connectivity index (χ3n) is 3.75. The van der Waals surface area contributed by atoms with Gasteiger partial charge in [-0.3, -0.25) is 9.42 Å². The molecule has 20 heavy (non-hydrogen) atoms. The Hall–Kier alpha value is -2.15. The van der Waals surface area contributed by atoms with Gasteiger partial charge in [0.1, 0.15) is 0 Å². The summed E-state index contributed by atoms with van der Waals surface area (Å²) in [4.78, 5) is 12.5. The van der Waals surface area contributed by atoms with Gasteiger partial charge in [-0.05, 0) is 42.7 Å². The van der Waals surface area contributed by atoms with Gasteiger partial charge >= 0.3 is 0 Å². The van der Waals surface area contributed by atoms with Crippen LogP contribution in [0, 0.1) is 5.21 Å². The summed E-state index contributed by atoms with van der Waals surface area (Å²) in [5.74, 6) is -0.159. The predicted molar refractivity (Wildman–Crippen MR) is 70.7 cm³/mol. The van der Waals surface area contributed by atoms with Crippen molar-refractivity contribution in [1.82, 2.24) is 10.5 Å². The Kier molecular flexibility index (Phi) is 3.27. The van der Waals surface area contributed by atoms with E-state index in [1.54, 1.807) is 12.1 Å². The highest BCUT2D eigenvalue weighted by Gasteiger charge is 2.21. The average Bonchev–Trinajstić information content (AvgIpc) is 2.82. The molecule has 1 aliphatic carbocycles. The zero-order chi connectivity index (χ0) is 14.1. The Morgan fingerprint density at radius 1 is 1.40 bits per heavy atom. The second kappa shape index (κ2) is 5.09. The van der Waals surface area contributed by atoms with Gasteiger partial charge in [0.15, 0.2) is 0 Å². The molecule has 0 radical (unpaired) electrons. The number of amides is 1. The molecule has 0 atom stereocenters. The summed E-state index contributed by atoms with van der Waals surface area (Å²) < 4.78 is 4.48. The smallest absolute Gasteiger partial charge is 0.251 e. The van der Waals surface area contributed by atoms with Gasteiger partial charge in [-0.1, -0.05) is 0 Å². The largest absolute Gasteiger partial charge is 0.359 e. The van der Waals surface area contributed by atoms with Crippen molar-refractivity contribution in [2.45, 2.75) is 37.8 Å². The lowest BCUT2D eigenvalue weighted by atomic mass is 9.91. The molecule has 0 bridgehead atoms. The number of aromatic nitrogens is 2. The topological polar surface area (TPSA) is 108 Å². The molecular weight excluding hydrogens is 260 g/mol. The molecule has 2 aromatic rings. The molecule has 0 unspecified atom stereocenters. The van der Waals surface area contributed by atoms with Crippen molar-refractivity contribution in [3.63, 3.8) is 0 Å². The van der Waals surface area contributed by atoms with Crippen molar-refractivity contribution in [3.8, 4) is 0 Å². The first-order valence-corrected chi connectivity index (χ1v) is 6.69. The minimum absolute atomic E-state index is 0.159. The van der Waals surface area contributed by atoms with Crippen LogP contribution in [0.5, 0.6) is 0 Å². The first-order chi connectivity index (χ1) is 9.63. The van der Waals surface area contributed by atoms with Gasteiger partial charge < -0.3 is 16.3 Å². The molecule has 0 aliphatic heterocycles. The van der Waals surface area contributed by atoms with E-state index >= 15 is 0 Å². The molecule has 3 N–H and O–H groups in total. The zero-order valence-electron chi connectivity index (χ0n) is 10.9. The average molecular weight is 276 g/mol. The Morgan fingerprint density at radius 3 is 2.90 bits per heavy atom. The van der Waals surface area contributed by atoms with Crippen LogP contribution in [0.4, 0.5) is 0 Å². The summed E-state index contributed by atoms with van der Waals surface area (Å²) in [6, 6.07) is 5.10. The maximum Gasteiger partial charge on any atom is 0.251 e. The van der Waals surface area contributed by atoms with Gasteiger partial charge in [-0.25, -0.2) is 0 Å². The molecule has 1 amide bonds. The Balaban J connectivity index is 1.72. The van der Waals surface area contributed by atoms with Crippen LogP contribution in [0.1, 0.15) is 36.0 Å². The van der Waals surface area contributed by atoms with Gasteiger partial charge in [0.2, 0.25) is 11.0 Å². The molecular formula is C13H16N4O3. The van der Waals surface area contributed by atoms with Crippen LogP contribution in [-0.2, 0) is 0 Å². The summed E-state index contributed by atoms with van der Waals surface area (Å²) >= 11 is 0. The number of rotatable bonds is 2. The number of nitrogens with one attached hydrogen (secondary N) is 1. The van der Waals surface area contributed by atoms with Crippen LogP contribution in [0.15, 0.2) is 22.8 Å². The summed E-state index contributed by atoms with van der Waals surface area (Å²) in [5.41, 5.74) is 7.00.